The van der Waals surface area contributed by atoms with Gasteiger partial charge in [-0.3, -0.25) is 4.68 Å². The molecule has 1 aliphatic rings. The molecule has 0 aliphatic heterocycles. The third-order valence-corrected chi connectivity index (χ3v) is 4.86. The number of benzene rings is 1. The van der Waals surface area contributed by atoms with Gasteiger partial charge < -0.3 is 19.9 Å². The molecule has 2 atom stereocenters. The zero-order valence-electron chi connectivity index (χ0n) is 15.2. The van der Waals surface area contributed by atoms with Crippen LogP contribution in [-0.4, -0.2) is 35.2 Å². The van der Waals surface area contributed by atoms with E-state index in [1.165, 1.54) is 17.7 Å². The van der Waals surface area contributed by atoms with Crippen LogP contribution in [0, 0.1) is 0 Å². The summed E-state index contributed by atoms with van der Waals surface area (Å²) in [7, 11) is 3.65. The monoisotopic (exact) mass is 345 g/mol. The molecule has 3 rings (SSSR count). The van der Waals surface area contributed by atoms with Gasteiger partial charge >= 0.3 is 0 Å². The summed E-state index contributed by atoms with van der Waals surface area (Å²) >= 11 is 0. The predicted molar refractivity (Wildman–Crippen MR) is 96.0 cm³/mol. The van der Waals surface area contributed by atoms with E-state index in [4.69, 9.17) is 14.6 Å². The normalized spacial score (nSPS) is 17.8. The third kappa shape index (κ3) is 3.80. The second kappa shape index (κ2) is 7.89. The van der Waals surface area contributed by atoms with E-state index < -0.39 is 0 Å². The number of hydrogen-bond donors (Lipinski definition) is 2. The molecule has 2 N–H and O–H groups in total. The number of aliphatic hydroxyl groups excluding tert-OH is 1. The predicted octanol–water partition coefficient (Wildman–Crippen LogP) is 2.53. The van der Waals surface area contributed by atoms with Crippen LogP contribution < -0.4 is 14.8 Å². The quantitative estimate of drug-likeness (QED) is 0.807. The van der Waals surface area contributed by atoms with Gasteiger partial charge in [0.2, 0.25) is 0 Å². The van der Waals surface area contributed by atoms with Crippen molar-refractivity contribution in [3.8, 4) is 11.5 Å². The first-order chi connectivity index (χ1) is 12.1. The van der Waals surface area contributed by atoms with Gasteiger partial charge in [0.15, 0.2) is 11.5 Å². The first kappa shape index (κ1) is 17.8. The second-order valence-electron chi connectivity index (χ2n) is 6.49. The van der Waals surface area contributed by atoms with Crippen molar-refractivity contribution in [1.29, 1.82) is 0 Å². The van der Waals surface area contributed by atoms with Crippen LogP contribution in [0.15, 0.2) is 24.4 Å². The molecule has 6 heteroatoms. The average molecular weight is 345 g/mol. The number of methoxy groups -OCH3 is 1. The molecule has 0 amide bonds. The summed E-state index contributed by atoms with van der Waals surface area (Å²) in [5, 5.41) is 17.1. The first-order valence-corrected chi connectivity index (χ1v) is 8.82. The van der Waals surface area contributed by atoms with Crippen LogP contribution in [0.25, 0.3) is 0 Å². The van der Waals surface area contributed by atoms with Crippen molar-refractivity contribution in [3.63, 3.8) is 0 Å². The number of nitrogens with zero attached hydrogens (tertiary/aromatic N) is 2. The highest BCUT2D eigenvalue weighted by molar-refractivity contribution is 5.44. The molecule has 1 aromatic heterocycles. The molecule has 2 unspecified atom stereocenters. The lowest BCUT2D eigenvalue weighted by atomic mass is 9.92. The summed E-state index contributed by atoms with van der Waals surface area (Å²) in [6, 6.07) is 6.44. The fraction of sp³-hybridized carbons (Fsp3) is 0.526. The highest BCUT2D eigenvalue weighted by atomic mass is 16.5. The van der Waals surface area contributed by atoms with Gasteiger partial charge in [-0.2, -0.15) is 5.10 Å². The lowest BCUT2D eigenvalue weighted by Crippen LogP contribution is -2.27. The van der Waals surface area contributed by atoms with E-state index in [0.29, 0.717) is 17.5 Å². The van der Waals surface area contributed by atoms with E-state index >= 15 is 0 Å². The van der Waals surface area contributed by atoms with E-state index in [-0.39, 0.29) is 19.3 Å². The van der Waals surface area contributed by atoms with Crippen LogP contribution in [0.2, 0.25) is 0 Å². The number of nitrogens with one attached hydrogen (secondary N) is 1. The van der Waals surface area contributed by atoms with E-state index in [2.05, 4.69) is 17.3 Å². The zero-order chi connectivity index (χ0) is 17.8. The number of rotatable bonds is 7. The first-order valence-electron chi connectivity index (χ1n) is 8.82. The minimum absolute atomic E-state index is 0.0159. The molecule has 0 bridgehead atoms. The van der Waals surface area contributed by atoms with Gasteiger partial charge in [-0.15, -0.1) is 0 Å². The Bertz CT molecular complexity index is 714. The second-order valence-corrected chi connectivity index (χ2v) is 6.49. The molecule has 25 heavy (non-hydrogen) atoms. The molecule has 0 radical (unpaired) electrons. The van der Waals surface area contributed by atoms with E-state index in [1.54, 1.807) is 7.11 Å². The van der Waals surface area contributed by atoms with Crippen LogP contribution in [0.5, 0.6) is 11.5 Å². The summed E-state index contributed by atoms with van der Waals surface area (Å²) in [5.41, 5.74) is 3.79. The van der Waals surface area contributed by atoms with Gasteiger partial charge in [0, 0.05) is 30.4 Å². The highest BCUT2D eigenvalue weighted by Gasteiger charge is 2.25. The molecule has 2 aromatic rings. The SMILES string of the molecule is COc1cc(C(C)NC2CCCc3c2cnn3C)ccc1OCCO. The standard InChI is InChI=1S/C19H27N3O3/c1-13(14-7-8-18(25-10-9-23)19(11-14)24-3)21-16-5-4-6-17-15(16)12-20-22(17)2/h7-8,11-13,16,21,23H,4-6,9-10H2,1-3H3. The third-order valence-electron chi connectivity index (χ3n) is 4.86. The van der Waals surface area contributed by atoms with Crippen LogP contribution in [0.3, 0.4) is 0 Å². The van der Waals surface area contributed by atoms with Gasteiger partial charge in [-0.1, -0.05) is 6.07 Å². The Labute approximate surface area is 148 Å². The van der Waals surface area contributed by atoms with Gasteiger partial charge in [-0.05, 0) is 43.9 Å². The summed E-state index contributed by atoms with van der Waals surface area (Å²) in [4.78, 5) is 0. The van der Waals surface area contributed by atoms with Crippen molar-refractivity contribution in [2.24, 2.45) is 7.05 Å². The van der Waals surface area contributed by atoms with Crippen molar-refractivity contribution in [1.82, 2.24) is 15.1 Å². The Hall–Kier alpha value is -2.05. The number of ether oxygens (including phenoxy) is 2. The fourth-order valence-corrected chi connectivity index (χ4v) is 3.51. The maximum absolute atomic E-state index is 8.92. The van der Waals surface area contributed by atoms with Crippen molar-refractivity contribution < 1.29 is 14.6 Å². The summed E-state index contributed by atoms with van der Waals surface area (Å²) in [5.74, 6) is 1.34. The molecule has 0 fully saturated rings. The van der Waals surface area contributed by atoms with Crippen LogP contribution in [0.4, 0.5) is 0 Å². The maximum atomic E-state index is 8.92. The van der Waals surface area contributed by atoms with Gasteiger partial charge in [-0.25, -0.2) is 0 Å². The Morgan fingerprint density at radius 2 is 2.24 bits per heavy atom. The molecule has 1 heterocycles. The number of hydrogen-bond acceptors (Lipinski definition) is 5. The average Bonchev–Trinajstić information content (AvgIpc) is 3.02. The maximum Gasteiger partial charge on any atom is 0.161 e. The Kier molecular flexibility index (Phi) is 5.60. The fourth-order valence-electron chi connectivity index (χ4n) is 3.51. The molecule has 1 aromatic carbocycles. The minimum atomic E-state index is -0.0159. The summed E-state index contributed by atoms with van der Waals surface area (Å²) in [6.07, 6.45) is 5.39. The molecule has 136 valence electrons. The van der Waals surface area contributed by atoms with Crippen molar-refractivity contribution in [2.45, 2.75) is 38.3 Å². The van der Waals surface area contributed by atoms with Crippen molar-refractivity contribution >= 4 is 0 Å². The van der Waals surface area contributed by atoms with Crippen LogP contribution in [-0.2, 0) is 13.5 Å². The lowest BCUT2D eigenvalue weighted by molar-refractivity contribution is 0.196. The van der Waals surface area contributed by atoms with Crippen LogP contribution in [0.1, 0.15) is 48.7 Å². The number of aryl methyl sites for hydroxylation is 1. The minimum Gasteiger partial charge on any atom is -0.493 e. The molecule has 6 nitrogen and oxygen atoms in total. The van der Waals surface area contributed by atoms with Crippen molar-refractivity contribution in [3.05, 3.63) is 41.2 Å². The highest BCUT2D eigenvalue weighted by Crippen LogP contribution is 2.34. The molecule has 0 saturated heterocycles. The topological polar surface area (TPSA) is 68.5 Å². The Balaban J connectivity index is 1.74. The van der Waals surface area contributed by atoms with E-state index in [9.17, 15) is 0 Å². The van der Waals surface area contributed by atoms with E-state index in [0.717, 1.165) is 18.4 Å². The van der Waals surface area contributed by atoms with Crippen molar-refractivity contribution in [2.75, 3.05) is 20.3 Å². The zero-order valence-corrected chi connectivity index (χ0v) is 15.2. The van der Waals surface area contributed by atoms with Gasteiger partial charge in [0.05, 0.1) is 19.9 Å². The molecule has 0 saturated carbocycles. The largest absolute Gasteiger partial charge is 0.493 e. The number of aromatic nitrogens is 2. The summed E-state index contributed by atoms with van der Waals surface area (Å²) in [6.45, 7) is 2.40. The van der Waals surface area contributed by atoms with Gasteiger partial charge in [0.1, 0.15) is 6.61 Å². The smallest absolute Gasteiger partial charge is 0.161 e. The number of fused-ring (bicyclic) bond motifs is 1. The van der Waals surface area contributed by atoms with Gasteiger partial charge in [0.25, 0.3) is 0 Å². The lowest BCUT2D eigenvalue weighted by Gasteiger charge is -2.27. The molecular weight excluding hydrogens is 318 g/mol. The Morgan fingerprint density at radius 3 is 3.00 bits per heavy atom. The number of aliphatic hydroxyl groups is 1. The summed E-state index contributed by atoms with van der Waals surface area (Å²) < 4.78 is 12.9. The molecule has 1 aliphatic carbocycles. The van der Waals surface area contributed by atoms with E-state index in [1.807, 2.05) is 36.1 Å². The Morgan fingerprint density at radius 1 is 1.40 bits per heavy atom. The molecular formula is C19H27N3O3. The molecule has 0 spiro atoms. The van der Waals surface area contributed by atoms with Crippen LogP contribution >= 0.6 is 0 Å².